The lowest BCUT2D eigenvalue weighted by molar-refractivity contribution is 1.09. The zero-order valence-electron chi connectivity index (χ0n) is 6.93. The summed E-state index contributed by atoms with van der Waals surface area (Å²) < 4.78 is 0.988. The second kappa shape index (κ2) is 3.00. The van der Waals surface area contributed by atoms with Crippen molar-refractivity contribution >= 4 is 33.5 Å². The zero-order chi connectivity index (χ0) is 9.42. The lowest BCUT2D eigenvalue weighted by atomic mass is 10.1. The smallest absolute Gasteiger partial charge is 0.104 e. The van der Waals surface area contributed by atoms with Gasteiger partial charge < -0.3 is 0 Å². The Hall–Kier alpha value is -1.09. The van der Waals surface area contributed by atoms with Crippen molar-refractivity contribution < 1.29 is 0 Å². The Bertz CT molecular complexity index is 507. The Balaban J connectivity index is 2.93. The van der Waals surface area contributed by atoms with Crippen LogP contribution in [-0.2, 0) is 0 Å². The largest absolute Gasteiger partial charge is 0.271 e. The third-order valence-electron chi connectivity index (χ3n) is 2.06. The molecule has 0 radical (unpaired) electrons. The highest BCUT2D eigenvalue weighted by Gasteiger charge is 2.08. The highest BCUT2D eigenvalue weighted by atomic mass is 127. The molecule has 0 saturated heterocycles. The molecule has 0 aliphatic heterocycles. The average molecular weight is 283 g/mol. The number of hydrogen-bond donors (Lipinski definition) is 1. The van der Waals surface area contributed by atoms with Crippen LogP contribution < -0.4 is 0 Å². The normalized spacial score (nSPS) is 10.2. The third-order valence-corrected chi connectivity index (χ3v) is 2.84. The van der Waals surface area contributed by atoms with Gasteiger partial charge >= 0.3 is 0 Å². The lowest BCUT2D eigenvalue weighted by Gasteiger charge is -1.97. The van der Waals surface area contributed by atoms with Gasteiger partial charge in [0.1, 0.15) is 3.70 Å². The molecule has 1 N–H and O–H groups in total. The molecule has 0 atom stereocenters. The molecule has 0 aliphatic rings. The molecule has 0 unspecified atom stereocenters. The first-order valence-corrected chi connectivity index (χ1v) is 4.85. The molecule has 0 amide bonds. The molecule has 1 aromatic heterocycles. The number of benzene rings is 1. The topological polar surface area (TPSA) is 52.5 Å². The summed E-state index contributed by atoms with van der Waals surface area (Å²) >= 11 is 2.18. The van der Waals surface area contributed by atoms with E-state index in [1.807, 2.05) is 13.0 Å². The molecular weight excluding hydrogens is 277 g/mol. The Morgan fingerprint density at radius 1 is 1.54 bits per heavy atom. The molecule has 0 bridgehead atoms. The second-order valence-electron chi connectivity index (χ2n) is 2.78. The fraction of sp³-hybridized carbons (Fsp3) is 0.111. The van der Waals surface area contributed by atoms with E-state index in [2.05, 4.69) is 38.9 Å². The molecule has 64 valence electrons. The quantitative estimate of drug-likeness (QED) is 0.754. The maximum Gasteiger partial charge on any atom is 0.104 e. The van der Waals surface area contributed by atoms with Crippen molar-refractivity contribution in [2.75, 3.05) is 0 Å². The number of H-pyrrole nitrogens is 1. The van der Waals surface area contributed by atoms with Gasteiger partial charge in [0.05, 0.1) is 17.1 Å². The number of hydrogen-bond acceptors (Lipinski definition) is 2. The standard InChI is InChI=1S/C9H6IN3/c1-5-6(4-11)2-3-7-8(5)9(10)13-12-7/h2-3H,1H3,(H,12,13). The molecule has 1 heterocycles. The van der Waals surface area contributed by atoms with Crippen LogP contribution >= 0.6 is 22.6 Å². The van der Waals surface area contributed by atoms with E-state index in [4.69, 9.17) is 5.26 Å². The highest BCUT2D eigenvalue weighted by molar-refractivity contribution is 14.1. The fourth-order valence-corrected chi connectivity index (χ4v) is 2.16. The van der Waals surface area contributed by atoms with Gasteiger partial charge in [0, 0.05) is 5.39 Å². The van der Waals surface area contributed by atoms with Crippen LogP contribution in [0.3, 0.4) is 0 Å². The van der Waals surface area contributed by atoms with Gasteiger partial charge in [0.25, 0.3) is 0 Å². The van der Waals surface area contributed by atoms with Gasteiger partial charge in [-0.15, -0.1) is 0 Å². The fourth-order valence-electron chi connectivity index (χ4n) is 1.35. The number of halogens is 1. The Morgan fingerprint density at radius 2 is 2.31 bits per heavy atom. The van der Waals surface area contributed by atoms with Gasteiger partial charge in [0.15, 0.2) is 0 Å². The van der Waals surface area contributed by atoms with Crippen LogP contribution in [0.15, 0.2) is 12.1 Å². The van der Waals surface area contributed by atoms with E-state index in [0.29, 0.717) is 5.56 Å². The minimum Gasteiger partial charge on any atom is -0.271 e. The van der Waals surface area contributed by atoms with Gasteiger partial charge in [-0.3, -0.25) is 5.10 Å². The van der Waals surface area contributed by atoms with Crippen LogP contribution in [0.4, 0.5) is 0 Å². The SMILES string of the molecule is Cc1c(C#N)ccc2n[nH]c(I)c12. The van der Waals surface area contributed by atoms with E-state index in [9.17, 15) is 0 Å². The molecule has 0 saturated carbocycles. The molecular formula is C9H6IN3. The van der Waals surface area contributed by atoms with Gasteiger partial charge in [-0.1, -0.05) is 0 Å². The predicted octanol–water partition coefficient (Wildman–Crippen LogP) is 2.35. The van der Waals surface area contributed by atoms with Crippen molar-refractivity contribution in [3.8, 4) is 6.07 Å². The van der Waals surface area contributed by atoms with E-state index in [0.717, 1.165) is 20.2 Å². The first kappa shape index (κ1) is 8.51. The summed E-state index contributed by atoms with van der Waals surface area (Å²) in [4.78, 5) is 0. The molecule has 2 rings (SSSR count). The Morgan fingerprint density at radius 3 is 3.00 bits per heavy atom. The van der Waals surface area contributed by atoms with Gasteiger partial charge in [-0.05, 0) is 47.2 Å². The molecule has 1 aromatic carbocycles. The number of aromatic nitrogens is 2. The molecule has 3 nitrogen and oxygen atoms in total. The zero-order valence-corrected chi connectivity index (χ0v) is 9.08. The third kappa shape index (κ3) is 1.20. The highest BCUT2D eigenvalue weighted by Crippen LogP contribution is 2.23. The second-order valence-corrected chi connectivity index (χ2v) is 3.86. The average Bonchev–Trinajstić information content (AvgIpc) is 2.49. The van der Waals surface area contributed by atoms with Crippen LogP contribution in [0, 0.1) is 22.0 Å². The molecule has 0 aliphatic carbocycles. The van der Waals surface area contributed by atoms with Crippen LogP contribution in [0.1, 0.15) is 11.1 Å². The van der Waals surface area contributed by atoms with Crippen molar-refractivity contribution in [1.82, 2.24) is 10.2 Å². The van der Waals surface area contributed by atoms with Crippen molar-refractivity contribution in [1.29, 1.82) is 5.26 Å². The Kier molecular flexibility index (Phi) is 1.96. The van der Waals surface area contributed by atoms with E-state index in [1.54, 1.807) is 6.07 Å². The maximum absolute atomic E-state index is 8.82. The molecule has 4 heteroatoms. The van der Waals surface area contributed by atoms with E-state index >= 15 is 0 Å². The summed E-state index contributed by atoms with van der Waals surface area (Å²) in [6.07, 6.45) is 0. The first-order valence-electron chi connectivity index (χ1n) is 3.77. The maximum atomic E-state index is 8.82. The minimum atomic E-state index is 0.715. The van der Waals surface area contributed by atoms with Crippen LogP contribution in [0.25, 0.3) is 10.9 Å². The van der Waals surface area contributed by atoms with E-state index in [-0.39, 0.29) is 0 Å². The number of aromatic amines is 1. The number of aryl methyl sites for hydroxylation is 1. The predicted molar refractivity (Wildman–Crippen MR) is 58.3 cm³/mol. The van der Waals surface area contributed by atoms with Crippen LogP contribution in [0.5, 0.6) is 0 Å². The summed E-state index contributed by atoms with van der Waals surface area (Å²) in [5.41, 5.74) is 2.63. The molecule has 0 spiro atoms. The number of nitriles is 1. The minimum absolute atomic E-state index is 0.715. The summed E-state index contributed by atoms with van der Waals surface area (Å²) in [6.45, 7) is 1.94. The van der Waals surface area contributed by atoms with Crippen molar-refractivity contribution in [2.45, 2.75) is 6.92 Å². The Labute approximate surface area is 88.9 Å². The van der Waals surface area contributed by atoms with Crippen LogP contribution in [-0.4, -0.2) is 10.2 Å². The van der Waals surface area contributed by atoms with E-state index in [1.165, 1.54) is 0 Å². The molecule has 2 aromatic rings. The number of fused-ring (bicyclic) bond motifs is 1. The van der Waals surface area contributed by atoms with Gasteiger partial charge in [-0.2, -0.15) is 10.4 Å². The summed E-state index contributed by atoms with van der Waals surface area (Å²) in [7, 11) is 0. The van der Waals surface area contributed by atoms with Gasteiger partial charge in [-0.25, -0.2) is 0 Å². The molecule has 13 heavy (non-hydrogen) atoms. The number of nitrogens with zero attached hydrogens (tertiary/aromatic N) is 2. The van der Waals surface area contributed by atoms with Crippen molar-refractivity contribution in [2.24, 2.45) is 0 Å². The lowest BCUT2D eigenvalue weighted by Crippen LogP contribution is -1.83. The van der Waals surface area contributed by atoms with Gasteiger partial charge in [0.2, 0.25) is 0 Å². The van der Waals surface area contributed by atoms with Crippen LogP contribution in [0.2, 0.25) is 0 Å². The van der Waals surface area contributed by atoms with Crippen molar-refractivity contribution in [3.63, 3.8) is 0 Å². The summed E-state index contributed by atoms with van der Waals surface area (Å²) in [6, 6.07) is 5.82. The monoisotopic (exact) mass is 283 g/mol. The summed E-state index contributed by atoms with van der Waals surface area (Å²) in [5.74, 6) is 0. The van der Waals surface area contributed by atoms with E-state index < -0.39 is 0 Å². The van der Waals surface area contributed by atoms with Crippen molar-refractivity contribution in [3.05, 3.63) is 27.0 Å². The first-order chi connectivity index (χ1) is 6.24. The number of nitrogens with one attached hydrogen (secondary N) is 1. The summed E-state index contributed by atoms with van der Waals surface area (Å²) in [5, 5.41) is 16.9. The number of rotatable bonds is 0. The molecule has 0 fully saturated rings.